The van der Waals surface area contributed by atoms with Gasteiger partial charge in [-0.2, -0.15) is 0 Å². The Bertz CT molecular complexity index is 568. The monoisotopic (exact) mass is 302 g/mol. The Morgan fingerprint density at radius 1 is 1.45 bits per heavy atom. The minimum absolute atomic E-state index is 0.198. The van der Waals surface area contributed by atoms with E-state index in [2.05, 4.69) is 31.0 Å². The van der Waals surface area contributed by atoms with Crippen LogP contribution in [0.15, 0.2) is 18.2 Å². The number of carbonyl (C=O) groups is 1. The van der Waals surface area contributed by atoms with Gasteiger partial charge in [-0.25, -0.2) is 0 Å². The molecule has 120 valence electrons. The maximum atomic E-state index is 12.5. The minimum atomic E-state index is -0.206. The van der Waals surface area contributed by atoms with E-state index in [1.807, 2.05) is 18.2 Å². The van der Waals surface area contributed by atoms with Crippen LogP contribution < -0.4 is 10.1 Å². The first kappa shape index (κ1) is 15.3. The van der Waals surface area contributed by atoms with Crippen LogP contribution in [0.25, 0.3) is 0 Å². The first-order valence-electron chi connectivity index (χ1n) is 8.25. The number of ether oxygens (including phenoxy) is 1. The molecule has 4 heteroatoms. The van der Waals surface area contributed by atoms with Gasteiger partial charge < -0.3 is 10.1 Å². The summed E-state index contributed by atoms with van der Waals surface area (Å²) in [6.45, 7) is 9.72. The van der Waals surface area contributed by atoms with Gasteiger partial charge in [0, 0.05) is 12.1 Å². The second kappa shape index (κ2) is 5.92. The van der Waals surface area contributed by atoms with E-state index in [0.29, 0.717) is 12.5 Å². The van der Waals surface area contributed by atoms with Crippen LogP contribution in [0.5, 0.6) is 5.75 Å². The summed E-state index contributed by atoms with van der Waals surface area (Å²) in [7, 11) is 0. The highest BCUT2D eigenvalue weighted by molar-refractivity contribution is 5.98. The molecule has 1 saturated heterocycles. The molecule has 2 heterocycles. The summed E-state index contributed by atoms with van der Waals surface area (Å²) in [5.74, 6) is 1.73. The zero-order valence-corrected chi connectivity index (χ0v) is 13.8. The number of hydrogen-bond donors (Lipinski definition) is 1. The van der Waals surface area contributed by atoms with Crippen molar-refractivity contribution in [3.8, 4) is 5.75 Å². The molecule has 0 radical (unpaired) electrons. The summed E-state index contributed by atoms with van der Waals surface area (Å²) in [5.41, 5.74) is 1.49. The van der Waals surface area contributed by atoms with Gasteiger partial charge >= 0.3 is 0 Å². The third-order valence-corrected chi connectivity index (χ3v) is 4.50. The Labute approximate surface area is 132 Å². The highest BCUT2D eigenvalue weighted by atomic mass is 16.5. The molecule has 2 aliphatic heterocycles. The predicted octanol–water partition coefficient (Wildman–Crippen LogP) is 3.18. The van der Waals surface area contributed by atoms with Crippen molar-refractivity contribution in [1.29, 1.82) is 0 Å². The van der Waals surface area contributed by atoms with E-state index >= 15 is 0 Å². The third-order valence-electron chi connectivity index (χ3n) is 4.50. The van der Waals surface area contributed by atoms with E-state index < -0.39 is 0 Å². The molecule has 0 aliphatic carbocycles. The molecule has 1 fully saturated rings. The number of benzene rings is 1. The fourth-order valence-electron chi connectivity index (χ4n) is 3.30. The number of likely N-dealkylation sites (tertiary alicyclic amines) is 1. The molecular formula is C18H26N2O2. The van der Waals surface area contributed by atoms with E-state index in [9.17, 15) is 4.79 Å². The first-order chi connectivity index (χ1) is 10.4. The fraction of sp³-hybridized carbons (Fsp3) is 0.611. The Morgan fingerprint density at radius 2 is 2.27 bits per heavy atom. The number of carbonyl (C=O) groups excluding carboxylic acids is 1. The Kier molecular flexibility index (Phi) is 4.13. The van der Waals surface area contributed by atoms with Crippen LogP contribution in [0.3, 0.4) is 0 Å². The van der Waals surface area contributed by atoms with Crippen molar-refractivity contribution < 1.29 is 9.53 Å². The van der Waals surface area contributed by atoms with E-state index in [1.165, 1.54) is 12.8 Å². The predicted molar refractivity (Wildman–Crippen MR) is 88.8 cm³/mol. The lowest BCUT2D eigenvalue weighted by atomic mass is 9.99. The van der Waals surface area contributed by atoms with E-state index in [1.54, 1.807) is 0 Å². The van der Waals surface area contributed by atoms with Crippen LogP contribution in [0.4, 0.5) is 5.69 Å². The highest BCUT2D eigenvalue weighted by Crippen LogP contribution is 2.33. The highest BCUT2D eigenvalue weighted by Gasteiger charge is 2.27. The molecule has 2 aliphatic rings. The zero-order chi connectivity index (χ0) is 15.7. The van der Waals surface area contributed by atoms with Crippen molar-refractivity contribution in [2.24, 2.45) is 5.92 Å². The topological polar surface area (TPSA) is 41.6 Å². The summed E-state index contributed by atoms with van der Waals surface area (Å²) in [6, 6.07) is 5.73. The lowest BCUT2D eigenvalue weighted by Gasteiger charge is -2.33. The van der Waals surface area contributed by atoms with E-state index in [0.717, 1.165) is 36.6 Å². The number of Topliss-reactive ketones (excluding diaryl/α,β-unsaturated/α-hetero) is 1. The summed E-state index contributed by atoms with van der Waals surface area (Å²) in [4.78, 5) is 14.8. The molecule has 22 heavy (non-hydrogen) atoms. The summed E-state index contributed by atoms with van der Waals surface area (Å²) in [6.07, 6.45) is 2.48. The van der Waals surface area contributed by atoms with Gasteiger partial charge in [0.1, 0.15) is 11.4 Å². The number of hydrogen-bond acceptors (Lipinski definition) is 4. The number of nitrogens with zero attached hydrogens (tertiary/aromatic N) is 1. The van der Waals surface area contributed by atoms with Crippen molar-refractivity contribution in [3.63, 3.8) is 0 Å². The van der Waals surface area contributed by atoms with Crippen LogP contribution in [0.1, 0.15) is 44.0 Å². The van der Waals surface area contributed by atoms with Crippen molar-refractivity contribution in [2.45, 2.75) is 39.2 Å². The van der Waals surface area contributed by atoms with Gasteiger partial charge in [-0.15, -0.1) is 0 Å². The van der Waals surface area contributed by atoms with Gasteiger partial charge in [0.15, 0.2) is 5.78 Å². The normalized spacial score (nSPS) is 24.0. The molecule has 1 atom stereocenters. The molecule has 1 aromatic carbocycles. The van der Waals surface area contributed by atoms with Crippen LogP contribution in [-0.2, 0) is 0 Å². The second-order valence-electron chi connectivity index (χ2n) is 7.33. The average Bonchev–Trinajstić information content (AvgIpc) is 2.46. The number of rotatable bonds is 3. The standard InChI is InChI=1S/C18H26N2O2/c1-13-5-4-8-20(10-13)11-16(21)14-6-7-17-15(9-14)19-12-18(2,3)22-17/h6-7,9,13,19H,4-5,8,10-12H2,1-3H3. The van der Waals surface area contributed by atoms with Gasteiger partial charge in [0.25, 0.3) is 0 Å². The summed E-state index contributed by atoms with van der Waals surface area (Å²) >= 11 is 0. The molecule has 1 N–H and O–H groups in total. The van der Waals surface area contributed by atoms with Crippen LogP contribution in [-0.4, -0.2) is 42.5 Å². The Morgan fingerprint density at radius 3 is 3.05 bits per heavy atom. The number of nitrogens with one attached hydrogen (secondary N) is 1. The van der Waals surface area contributed by atoms with Gasteiger partial charge in [0.2, 0.25) is 0 Å². The fourth-order valence-corrected chi connectivity index (χ4v) is 3.30. The van der Waals surface area contributed by atoms with Crippen molar-refractivity contribution >= 4 is 11.5 Å². The van der Waals surface area contributed by atoms with Crippen molar-refractivity contribution in [3.05, 3.63) is 23.8 Å². The quantitative estimate of drug-likeness (QED) is 0.871. The maximum Gasteiger partial charge on any atom is 0.176 e. The number of anilines is 1. The van der Waals surface area contributed by atoms with E-state index in [-0.39, 0.29) is 11.4 Å². The third kappa shape index (κ3) is 3.43. The molecule has 1 unspecified atom stereocenters. The molecule has 0 saturated carbocycles. The van der Waals surface area contributed by atoms with Gasteiger partial charge in [-0.1, -0.05) is 6.92 Å². The molecule has 0 aromatic heterocycles. The summed E-state index contributed by atoms with van der Waals surface area (Å²) in [5, 5.41) is 3.37. The zero-order valence-electron chi connectivity index (χ0n) is 13.8. The average molecular weight is 302 g/mol. The van der Waals surface area contributed by atoms with Crippen molar-refractivity contribution in [1.82, 2.24) is 4.90 Å². The number of ketones is 1. The maximum absolute atomic E-state index is 12.5. The second-order valence-corrected chi connectivity index (χ2v) is 7.33. The Balaban J connectivity index is 1.69. The molecular weight excluding hydrogens is 276 g/mol. The summed E-state index contributed by atoms with van der Waals surface area (Å²) < 4.78 is 5.93. The minimum Gasteiger partial charge on any atom is -0.484 e. The van der Waals surface area contributed by atoms with Gasteiger partial charge in [-0.05, 0) is 57.4 Å². The molecule has 4 nitrogen and oxygen atoms in total. The van der Waals surface area contributed by atoms with Crippen molar-refractivity contribution in [2.75, 3.05) is 31.5 Å². The molecule has 3 rings (SSSR count). The van der Waals surface area contributed by atoms with Crippen LogP contribution in [0.2, 0.25) is 0 Å². The number of piperidine rings is 1. The SMILES string of the molecule is CC1CCCN(CC(=O)c2ccc3c(c2)NCC(C)(C)O3)C1. The smallest absolute Gasteiger partial charge is 0.176 e. The Hall–Kier alpha value is -1.55. The lowest BCUT2D eigenvalue weighted by Crippen LogP contribution is -2.40. The lowest BCUT2D eigenvalue weighted by molar-refractivity contribution is 0.0892. The van der Waals surface area contributed by atoms with E-state index in [4.69, 9.17) is 4.74 Å². The van der Waals surface area contributed by atoms with Crippen LogP contribution in [0, 0.1) is 5.92 Å². The first-order valence-corrected chi connectivity index (χ1v) is 8.25. The number of fused-ring (bicyclic) bond motifs is 1. The van der Waals surface area contributed by atoms with Gasteiger partial charge in [-0.3, -0.25) is 9.69 Å². The largest absolute Gasteiger partial charge is 0.484 e. The molecule has 0 bridgehead atoms. The van der Waals surface area contributed by atoms with Crippen LogP contribution >= 0.6 is 0 Å². The molecule has 0 amide bonds. The molecule has 1 aromatic rings. The van der Waals surface area contributed by atoms with Gasteiger partial charge in [0.05, 0.1) is 18.8 Å². The molecule has 0 spiro atoms.